The molecule has 6 heteroatoms. The number of carboxylic acids is 1. The molecule has 1 heterocycles. The number of halogens is 1. The topological polar surface area (TPSA) is 68.7 Å². The molecule has 0 unspecified atom stereocenters. The molecule has 0 saturated carbocycles. The van der Waals surface area contributed by atoms with Crippen molar-refractivity contribution in [2.75, 3.05) is 6.61 Å². The number of carboxylic acid groups (broad SMARTS) is 1. The van der Waals surface area contributed by atoms with Crippen molar-refractivity contribution in [1.29, 1.82) is 0 Å². The summed E-state index contributed by atoms with van der Waals surface area (Å²) in [4.78, 5) is 15.4. The number of nitrogens with zero attached hydrogens (tertiary/aromatic N) is 1. The zero-order chi connectivity index (χ0) is 15.2. The van der Waals surface area contributed by atoms with Crippen LogP contribution in [0.3, 0.4) is 0 Å². The monoisotopic (exact) mass is 399 g/mol. The van der Waals surface area contributed by atoms with E-state index in [1.165, 1.54) is 0 Å². The Hall–Kier alpha value is -1.83. The number of carbonyl (C=O) groups is 1. The van der Waals surface area contributed by atoms with Crippen LogP contribution in [0.4, 0.5) is 0 Å². The normalized spacial score (nSPS) is 10.2. The second kappa shape index (κ2) is 7.26. The van der Waals surface area contributed by atoms with Gasteiger partial charge in [0.1, 0.15) is 11.3 Å². The first-order valence-corrected chi connectivity index (χ1v) is 7.48. The van der Waals surface area contributed by atoms with Crippen molar-refractivity contribution < 1.29 is 19.4 Å². The SMILES string of the molecule is CCCOc1cccnc1Oc1ccc(I)cc1C(=O)O. The fourth-order valence-electron chi connectivity index (χ4n) is 1.64. The summed E-state index contributed by atoms with van der Waals surface area (Å²) in [6.07, 6.45) is 2.43. The van der Waals surface area contributed by atoms with Gasteiger partial charge in [0.05, 0.1) is 6.61 Å². The summed E-state index contributed by atoms with van der Waals surface area (Å²) in [6.45, 7) is 2.54. The molecule has 2 rings (SSSR count). The molecule has 21 heavy (non-hydrogen) atoms. The highest BCUT2D eigenvalue weighted by molar-refractivity contribution is 14.1. The van der Waals surface area contributed by atoms with Gasteiger partial charge < -0.3 is 14.6 Å². The summed E-state index contributed by atoms with van der Waals surface area (Å²) < 4.78 is 12.0. The number of pyridine rings is 1. The lowest BCUT2D eigenvalue weighted by atomic mass is 10.2. The van der Waals surface area contributed by atoms with Gasteiger partial charge in [-0.1, -0.05) is 6.92 Å². The third kappa shape index (κ3) is 4.07. The van der Waals surface area contributed by atoms with E-state index in [2.05, 4.69) is 27.6 Å². The van der Waals surface area contributed by atoms with Crippen molar-refractivity contribution in [2.24, 2.45) is 0 Å². The van der Waals surface area contributed by atoms with E-state index in [4.69, 9.17) is 9.47 Å². The first kappa shape index (κ1) is 15.6. The molecule has 0 aliphatic rings. The van der Waals surface area contributed by atoms with Crippen molar-refractivity contribution in [3.63, 3.8) is 0 Å². The van der Waals surface area contributed by atoms with Crippen LogP contribution in [0.5, 0.6) is 17.4 Å². The zero-order valence-corrected chi connectivity index (χ0v) is 13.5. The largest absolute Gasteiger partial charge is 0.488 e. The van der Waals surface area contributed by atoms with Crippen molar-refractivity contribution in [3.05, 3.63) is 45.7 Å². The van der Waals surface area contributed by atoms with E-state index >= 15 is 0 Å². The second-order valence-corrected chi connectivity index (χ2v) is 5.45. The summed E-state index contributed by atoms with van der Waals surface area (Å²) in [5, 5.41) is 9.24. The minimum absolute atomic E-state index is 0.0917. The molecule has 0 radical (unpaired) electrons. The quantitative estimate of drug-likeness (QED) is 0.745. The molecule has 0 fully saturated rings. The van der Waals surface area contributed by atoms with Gasteiger partial charge in [0.2, 0.25) is 0 Å². The number of ether oxygens (including phenoxy) is 2. The summed E-state index contributed by atoms with van der Waals surface area (Å²) in [5.74, 6) is -0.0534. The van der Waals surface area contributed by atoms with Crippen LogP contribution in [-0.4, -0.2) is 22.7 Å². The molecule has 0 spiro atoms. The molecule has 5 nitrogen and oxygen atoms in total. The van der Waals surface area contributed by atoms with Gasteiger partial charge in [0.15, 0.2) is 5.75 Å². The Bertz CT molecular complexity index is 645. The van der Waals surface area contributed by atoms with E-state index in [9.17, 15) is 9.90 Å². The number of hydrogen-bond donors (Lipinski definition) is 1. The Kier molecular flexibility index (Phi) is 5.38. The average molecular weight is 399 g/mol. The van der Waals surface area contributed by atoms with Crippen LogP contribution in [0.1, 0.15) is 23.7 Å². The second-order valence-electron chi connectivity index (χ2n) is 4.20. The van der Waals surface area contributed by atoms with Crippen LogP contribution in [0.2, 0.25) is 0 Å². The van der Waals surface area contributed by atoms with E-state index in [0.717, 1.165) is 9.99 Å². The molecule has 1 aromatic heterocycles. The first-order valence-electron chi connectivity index (χ1n) is 6.40. The van der Waals surface area contributed by atoms with Gasteiger partial charge in [-0.2, -0.15) is 0 Å². The van der Waals surface area contributed by atoms with Crippen molar-refractivity contribution in [3.8, 4) is 17.4 Å². The molecule has 0 aliphatic heterocycles. The van der Waals surface area contributed by atoms with E-state index < -0.39 is 5.97 Å². The number of aromatic carboxylic acids is 1. The Morgan fingerprint density at radius 3 is 2.86 bits per heavy atom. The van der Waals surface area contributed by atoms with Gasteiger partial charge in [-0.15, -0.1) is 0 Å². The number of hydrogen-bond acceptors (Lipinski definition) is 4. The highest BCUT2D eigenvalue weighted by atomic mass is 127. The van der Waals surface area contributed by atoms with Crippen molar-refractivity contribution >= 4 is 28.6 Å². The molecular formula is C15H14INO4. The van der Waals surface area contributed by atoms with E-state index in [-0.39, 0.29) is 17.2 Å². The molecule has 0 aliphatic carbocycles. The third-order valence-electron chi connectivity index (χ3n) is 2.58. The van der Waals surface area contributed by atoms with Gasteiger partial charge in [0, 0.05) is 9.77 Å². The first-order chi connectivity index (χ1) is 10.1. The lowest BCUT2D eigenvalue weighted by Crippen LogP contribution is -2.03. The fourth-order valence-corrected chi connectivity index (χ4v) is 2.13. The lowest BCUT2D eigenvalue weighted by Gasteiger charge is -2.12. The Morgan fingerprint density at radius 1 is 1.33 bits per heavy atom. The lowest BCUT2D eigenvalue weighted by molar-refractivity contribution is 0.0694. The van der Waals surface area contributed by atoms with Crippen molar-refractivity contribution in [1.82, 2.24) is 4.98 Å². The van der Waals surface area contributed by atoms with Crippen molar-refractivity contribution in [2.45, 2.75) is 13.3 Å². The van der Waals surface area contributed by atoms with Gasteiger partial charge in [-0.3, -0.25) is 0 Å². The van der Waals surface area contributed by atoms with Crippen LogP contribution < -0.4 is 9.47 Å². The number of aromatic nitrogens is 1. The Morgan fingerprint density at radius 2 is 2.14 bits per heavy atom. The molecule has 2 aromatic rings. The maximum absolute atomic E-state index is 11.3. The maximum atomic E-state index is 11.3. The third-order valence-corrected chi connectivity index (χ3v) is 3.25. The maximum Gasteiger partial charge on any atom is 0.339 e. The van der Waals surface area contributed by atoms with Gasteiger partial charge in [-0.05, 0) is 59.3 Å². The molecule has 0 bridgehead atoms. The summed E-state index contributed by atoms with van der Waals surface area (Å²) in [6, 6.07) is 8.42. The zero-order valence-electron chi connectivity index (χ0n) is 11.4. The molecule has 1 aromatic carbocycles. The minimum Gasteiger partial charge on any atom is -0.488 e. The molecular weight excluding hydrogens is 385 g/mol. The van der Waals surface area contributed by atoms with E-state index in [1.54, 1.807) is 36.5 Å². The van der Waals surface area contributed by atoms with Crippen LogP contribution in [-0.2, 0) is 0 Å². The molecule has 0 atom stereocenters. The predicted octanol–water partition coefficient (Wildman–Crippen LogP) is 3.97. The summed E-state index contributed by atoms with van der Waals surface area (Å²) >= 11 is 2.05. The van der Waals surface area contributed by atoms with Gasteiger partial charge in [-0.25, -0.2) is 9.78 Å². The highest BCUT2D eigenvalue weighted by Gasteiger charge is 2.15. The van der Waals surface area contributed by atoms with Gasteiger partial charge >= 0.3 is 5.97 Å². The smallest absolute Gasteiger partial charge is 0.339 e. The molecule has 0 amide bonds. The fraction of sp³-hybridized carbons (Fsp3) is 0.200. The highest BCUT2D eigenvalue weighted by Crippen LogP contribution is 2.31. The summed E-state index contributed by atoms with van der Waals surface area (Å²) in [5.41, 5.74) is 0.0917. The molecule has 0 saturated heterocycles. The van der Waals surface area contributed by atoms with Crippen LogP contribution >= 0.6 is 22.6 Å². The van der Waals surface area contributed by atoms with E-state index in [0.29, 0.717) is 12.4 Å². The standard InChI is InChI=1S/C15H14INO4/c1-2-8-20-13-4-3-7-17-14(13)21-12-6-5-10(16)9-11(12)15(18)19/h3-7,9H,2,8H2,1H3,(H,18,19). The van der Waals surface area contributed by atoms with Crippen LogP contribution in [0.15, 0.2) is 36.5 Å². The average Bonchev–Trinajstić information content (AvgIpc) is 2.48. The van der Waals surface area contributed by atoms with Crippen LogP contribution in [0, 0.1) is 3.57 Å². The molecule has 110 valence electrons. The minimum atomic E-state index is -1.05. The molecule has 1 N–H and O–H groups in total. The Labute approximate surface area is 136 Å². The summed E-state index contributed by atoms with van der Waals surface area (Å²) in [7, 11) is 0. The Balaban J connectivity index is 2.32. The van der Waals surface area contributed by atoms with Gasteiger partial charge in [0.25, 0.3) is 5.88 Å². The predicted molar refractivity (Wildman–Crippen MR) is 86.2 cm³/mol. The number of rotatable bonds is 6. The van der Waals surface area contributed by atoms with E-state index in [1.807, 2.05) is 6.92 Å². The van der Waals surface area contributed by atoms with Crippen LogP contribution in [0.25, 0.3) is 0 Å². The number of benzene rings is 1.